The first-order valence-electron chi connectivity index (χ1n) is 10.7. The molecule has 1 heterocycles. The second-order valence-electron chi connectivity index (χ2n) is 7.66. The molecule has 2 aromatic carbocycles. The lowest BCUT2D eigenvalue weighted by Gasteiger charge is -2.18. The molecule has 6 N–H and O–H groups in total. The molecule has 11 heteroatoms. The number of nitrogens with one attached hydrogen (secondary N) is 2. The molecule has 0 saturated carbocycles. The Balaban J connectivity index is 0.00000432. The minimum absolute atomic E-state index is 0. The summed E-state index contributed by atoms with van der Waals surface area (Å²) in [7, 11) is 0. The lowest BCUT2D eigenvalue weighted by Crippen LogP contribution is -2.44. The number of carbonyl (C=O) groups excluding carboxylic acids is 2. The summed E-state index contributed by atoms with van der Waals surface area (Å²) in [6, 6.07) is 14.7. The lowest BCUT2D eigenvalue weighted by atomic mass is 10.1. The Morgan fingerprint density at radius 1 is 1.11 bits per heavy atom. The summed E-state index contributed by atoms with van der Waals surface area (Å²) in [4.78, 5) is 40.9. The molecule has 35 heavy (non-hydrogen) atoms. The number of nitrogens with two attached hydrogens (primary N) is 2. The normalized spacial score (nSPS) is 11.1. The van der Waals surface area contributed by atoms with Gasteiger partial charge < -0.3 is 31.3 Å². The van der Waals surface area contributed by atoms with Gasteiger partial charge in [0.1, 0.15) is 18.2 Å². The summed E-state index contributed by atoms with van der Waals surface area (Å²) in [6.07, 6.45) is -0.0167. The smallest absolute Gasteiger partial charge is 0.408 e. The maximum atomic E-state index is 13.0. The molecule has 3 aromatic rings. The molecular formula is C24H28ClN5O5. The predicted octanol–water partition coefficient (Wildman–Crippen LogP) is 2.81. The summed E-state index contributed by atoms with van der Waals surface area (Å²) in [5.74, 6) is -0.514. The Labute approximate surface area is 208 Å². The number of ether oxygens (including phenoxy) is 1. The monoisotopic (exact) mass is 501 g/mol. The van der Waals surface area contributed by atoms with Gasteiger partial charge in [-0.1, -0.05) is 30.3 Å². The van der Waals surface area contributed by atoms with Crippen LogP contribution >= 0.6 is 12.4 Å². The molecule has 10 nitrogen and oxygen atoms in total. The van der Waals surface area contributed by atoms with E-state index in [1.807, 2.05) is 30.3 Å². The van der Waals surface area contributed by atoms with E-state index in [2.05, 4.69) is 15.6 Å². The molecule has 1 atom stereocenters. The standard InChI is InChI=1S/C24H27N5O5.ClH/c1-15-12-21(30)34-20-13-17(9-10-18(15)20)28-22(31)19(8-5-11-27-23(25)26)29-24(32)33-14-16-6-3-2-4-7-16;/h2-4,6-7,9-10,12-13,19H,5,8,11,14H2,1H3,(H,28,31)(H,29,32)(H4,25,26,27);1H. The molecule has 2 amide bonds. The van der Waals surface area contributed by atoms with E-state index in [1.54, 1.807) is 25.1 Å². The van der Waals surface area contributed by atoms with Crippen molar-refractivity contribution < 1.29 is 18.7 Å². The SMILES string of the molecule is Cc1cc(=O)oc2cc(NC(=O)C(CCCN=C(N)N)NC(=O)OCc3ccccc3)ccc12.Cl. The molecule has 0 bridgehead atoms. The van der Waals surface area contributed by atoms with Gasteiger partial charge in [-0.05, 0) is 43.0 Å². The number of benzene rings is 2. The highest BCUT2D eigenvalue weighted by atomic mass is 35.5. The van der Waals surface area contributed by atoms with Crippen molar-refractivity contribution in [3.8, 4) is 0 Å². The first-order chi connectivity index (χ1) is 16.3. The fraction of sp³-hybridized carbons (Fsp3) is 0.250. The van der Waals surface area contributed by atoms with Gasteiger partial charge in [0.15, 0.2) is 5.96 Å². The van der Waals surface area contributed by atoms with E-state index in [-0.39, 0.29) is 31.4 Å². The fourth-order valence-corrected chi connectivity index (χ4v) is 3.31. The number of fused-ring (bicyclic) bond motifs is 1. The molecule has 1 aromatic heterocycles. The van der Waals surface area contributed by atoms with Crippen LogP contribution in [0.5, 0.6) is 0 Å². The van der Waals surface area contributed by atoms with Crippen molar-refractivity contribution in [2.45, 2.75) is 32.4 Å². The zero-order valence-corrected chi connectivity index (χ0v) is 20.0. The van der Waals surface area contributed by atoms with Crippen LogP contribution in [0, 0.1) is 6.92 Å². The Kier molecular flexibility index (Phi) is 10.1. The molecule has 0 fully saturated rings. The summed E-state index contributed by atoms with van der Waals surface area (Å²) in [5.41, 5.74) is 12.6. The predicted molar refractivity (Wildman–Crippen MR) is 137 cm³/mol. The largest absolute Gasteiger partial charge is 0.445 e. The van der Waals surface area contributed by atoms with Crippen molar-refractivity contribution in [1.82, 2.24) is 5.32 Å². The van der Waals surface area contributed by atoms with Gasteiger partial charge in [0.25, 0.3) is 0 Å². The number of amides is 2. The maximum absolute atomic E-state index is 13.0. The van der Waals surface area contributed by atoms with E-state index in [0.29, 0.717) is 24.2 Å². The molecule has 1 unspecified atom stereocenters. The fourth-order valence-electron chi connectivity index (χ4n) is 3.31. The van der Waals surface area contributed by atoms with Crippen LogP contribution in [0.3, 0.4) is 0 Å². The van der Waals surface area contributed by atoms with Crippen LogP contribution in [0.15, 0.2) is 68.8 Å². The Morgan fingerprint density at radius 2 is 1.86 bits per heavy atom. The number of aryl methyl sites for hydroxylation is 1. The Morgan fingerprint density at radius 3 is 2.57 bits per heavy atom. The minimum atomic E-state index is -0.905. The van der Waals surface area contributed by atoms with Gasteiger partial charge in [0, 0.05) is 29.8 Å². The topological polar surface area (TPSA) is 162 Å². The molecule has 0 aliphatic heterocycles. The zero-order valence-electron chi connectivity index (χ0n) is 19.2. The number of anilines is 1. The van der Waals surface area contributed by atoms with Crippen molar-refractivity contribution in [3.05, 3.63) is 76.1 Å². The van der Waals surface area contributed by atoms with Crippen LogP contribution in [-0.4, -0.2) is 30.5 Å². The van der Waals surface area contributed by atoms with Crippen LogP contribution in [0.4, 0.5) is 10.5 Å². The van der Waals surface area contributed by atoms with E-state index >= 15 is 0 Å². The van der Waals surface area contributed by atoms with E-state index in [0.717, 1.165) is 16.5 Å². The molecular weight excluding hydrogens is 474 g/mol. The number of aliphatic imine (C=N–C) groups is 1. The Hall–Kier alpha value is -4.05. The summed E-state index contributed by atoms with van der Waals surface area (Å²) >= 11 is 0. The van der Waals surface area contributed by atoms with Gasteiger partial charge in [-0.3, -0.25) is 9.79 Å². The average molecular weight is 502 g/mol. The van der Waals surface area contributed by atoms with Crippen LogP contribution < -0.4 is 27.7 Å². The molecule has 0 aliphatic carbocycles. The number of carbonyl (C=O) groups is 2. The highest BCUT2D eigenvalue weighted by Gasteiger charge is 2.22. The molecule has 0 spiro atoms. The second-order valence-corrected chi connectivity index (χ2v) is 7.66. The number of rotatable bonds is 9. The van der Waals surface area contributed by atoms with E-state index in [1.165, 1.54) is 6.07 Å². The number of guanidine groups is 1. The van der Waals surface area contributed by atoms with Gasteiger partial charge in [-0.2, -0.15) is 0 Å². The average Bonchev–Trinajstić information content (AvgIpc) is 2.79. The molecule has 0 aliphatic rings. The highest BCUT2D eigenvalue weighted by Crippen LogP contribution is 2.21. The first kappa shape index (κ1) is 27.2. The number of hydrogen-bond donors (Lipinski definition) is 4. The van der Waals surface area contributed by atoms with Gasteiger partial charge >= 0.3 is 11.7 Å². The number of nitrogens with zero attached hydrogens (tertiary/aromatic N) is 1. The molecule has 0 saturated heterocycles. The van der Waals surface area contributed by atoms with Gasteiger partial charge in [-0.15, -0.1) is 12.4 Å². The van der Waals surface area contributed by atoms with Crippen molar-refractivity contribution in [3.63, 3.8) is 0 Å². The zero-order chi connectivity index (χ0) is 24.5. The molecule has 0 radical (unpaired) electrons. The van der Waals surface area contributed by atoms with E-state index in [9.17, 15) is 14.4 Å². The van der Waals surface area contributed by atoms with Crippen molar-refractivity contribution >= 4 is 47.0 Å². The van der Waals surface area contributed by atoms with E-state index < -0.39 is 23.7 Å². The summed E-state index contributed by atoms with van der Waals surface area (Å²) in [5, 5.41) is 6.10. The number of hydrogen-bond acceptors (Lipinski definition) is 6. The first-order valence-corrected chi connectivity index (χ1v) is 10.7. The number of halogens is 1. The van der Waals surface area contributed by atoms with Gasteiger partial charge in [0.05, 0.1) is 0 Å². The number of alkyl carbamates (subject to hydrolysis) is 1. The third-order valence-corrected chi connectivity index (χ3v) is 4.99. The maximum Gasteiger partial charge on any atom is 0.408 e. The van der Waals surface area contributed by atoms with Crippen molar-refractivity contribution in [2.75, 3.05) is 11.9 Å². The Bertz CT molecular complexity index is 1240. The molecule has 186 valence electrons. The van der Waals surface area contributed by atoms with Gasteiger partial charge in [-0.25, -0.2) is 9.59 Å². The van der Waals surface area contributed by atoms with E-state index in [4.69, 9.17) is 20.6 Å². The van der Waals surface area contributed by atoms with Crippen LogP contribution in [0.25, 0.3) is 11.0 Å². The summed E-state index contributed by atoms with van der Waals surface area (Å²) < 4.78 is 10.5. The van der Waals surface area contributed by atoms with Crippen LogP contribution in [0.2, 0.25) is 0 Å². The lowest BCUT2D eigenvalue weighted by molar-refractivity contribution is -0.118. The third-order valence-electron chi connectivity index (χ3n) is 4.99. The van der Waals surface area contributed by atoms with Gasteiger partial charge in [0.2, 0.25) is 5.91 Å². The second kappa shape index (κ2) is 13.0. The summed E-state index contributed by atoms with van der Waals surface area (Å²) in [6.45, 7) is 2.17. The van der Waals surface area contributed by atoms with Crippen LogP contribution in [0.1, 0.15) is 24.0 Å². The quantitative estimate of drug-likeness (QED) is 0.151. The van der Waals surface area contributed by atoms with Crippen LogP contribution in [-0.2, 0) is 16.1 Å². The molecule has 3 rings (SSSR count). The minimum Gasteiger partial charge on any atom is -0.445 e. The van der Waals surface area contributed by atoms with Crippen molar-refractivity contribution in [2.24, 2.45) is 16.5 Å². The third kappa shape index (κ3) is 8.35. The van der Waals surface area contributed by atoms with Crippen molar-refractivity contribution in [1.29, 1.82) is 0 Å². The highest BCUT2D eigenvalue weighted by molar-refractivity contribution is 5.98.